The second-order valence-electron chi connectivity index (χ2n) is 4.07. The number of hydrogen-bond acceptors (Lipinski definition) is 2. The molecular weight excluding hydrogens is 212 g/mol. The number of carbonyl (C=O) groups is 1. The average molecular weight is 228 g/mol. The molecule has 0 bridgehead atoms. The van der Waals surface area contributed by atoms with Gasteiger partial charge in [-0.1, -0.05) is 30.3 Å². The van der Waals surface area contributed by atoms with E-state index in [0.717, 1.165) is 19.3 Å². The molecule has 0 aliphatic heterocycles. The van der Waals surface area contributed by atoms with Gasteiger partial charge in [-0.3, -0.25) is 4.79 Å². The van der Waals surface area contributed by atoms with Crippen LogP contribution in [0.1, 0.15) is 35.3 Å². The van der Waals surface area contributed by atoms with Crippen molar-refractivity contribution in [2.45, 2.75) is 25.7 Å². The largest absolute Gasteiger partial charge is 0.350 e. The second kappa shape index (κ2) is 5.99. The van der Waals surface area contributed by atoms with Crippen LogP contribution in [-0.2, 0) is 6.42 Å². The summed E-state index contributed by atoms with van der Waals surface area (Å²) in [4.78, 5) is 18.4. The molecule has 2 aromatic rings. The van der Waals surface area contributed by atoms with Crippen LogP contribution in [-0.4, -0.2) is 15.8 Å². The topological polar surface area (TPSA) is 45.8 Å². The van der Waals surface area contributed by atoms with Gasteiger partial charge in [0.25, 0.3) is 0 Å². The average Bonchev–Trinajstić information content (AvgIpc) is 2.89. The number of hydrogen-bond donors (Lipinski definition) is 1. The number of imidazole rings is 1. The predicted octanol–water partition coefficient (Wildman–Crippen LogP) is 3.01. The molecule has 0 amide bonds. The van der Waals surface area contributed by atoms with Crippen LogP contribution in [0.4, 0.5) is 0 Å². The Morgan fingerprint density at radius 2 is 2.00 bits per heavy atom. The third-order valence-electron chi connectivity index (χ3n) is 2.75. The van der Waals surface area contributed by atoms with Crippen LogP contribution >= 0.6 is 0 Å². The van der Waals surface area contributed by atoms with Crippen LogP contribution < -0.4 is 0 Å². The summed E-state index contributed by atoms with van der Waals surface area (Å²) in [7, 11) is 0. The number of benzene rings is 1. The fraction of sp³-hybridized carbons (Fsp3) is 0.286. The van der Waals surface area contributed by atoms with Crippen molar-refractivity contribution in [1.82, 2.24) is 9.97 Å². The van der Waals surface area contributed by atoms with Crippen LogP contribution in [0.2, 0.25) is 0 Å². The summed E-state index contributed by atoms with van der Waals surface area (Å²) >= 11 is 0. The Kier molecular flexibility index (Phi) is 4.08. The number of nitrogens with zero attached hydrogens (tertiary/aromatic N) is 1. The molecule has 1 heterocycles. The lowest BCUT2D eigenvalue weighted by atomic mass is 10.1. The molecule has 0 unspecified atom stereocenters. The number of aromatic amines is 1. The molecule has 0 saturated heterocycles. The smallest absolute Gasteiger partial charge is 0.182 e. The van der Waals surface area contributed by atoms with Crippen LogP contribution in [0.25, 0.3) is 0 Å². The number of Topliss-reactive ketones (excluding diaryl/α,β-unsaturated/α-hetero) is 1. The van der Waals surface area contributed by atoms with E-state index >= 15 is 0 Å². The molecule has 2 rings (SSSR count). The Morgan fingerprint density at radius 3 is 2.71 bits per heavy atom. The summed E-state index contributed by atoms with van der Waals surface area (Å²) in [5.41, 5.74) is 1.88. The third kappa shape index (κ3) is 3.55. The quantitative estimate of drug-likeness (QED) is 0.610. The molecule has 0 aliphatic carbocycles. The molecule has 0 atom stereocenters. The highest BCUT2D eigenvalue weighted by molar-refractivity contribution is 5.93. The Labute approximate surface area is 101 Å². The van der Waals surface area contributed by atoms with Gasteiger partial charge in [-0.15, -0.1) is 0 Å². The summed E-state index contributed by atoms with van der Waals surface area (Å²) in [6.45, 7) is 0. The van der Waals surface area contributed by atoms with Gasteiger partial charge in [0.15, 0.2) is 5.78 Å². The number of H-pyrrole nitrogens is 1. The van der Waals surface area contributed by atoms with E-state index in [2.05, 4.69) is 22.1 Å². The predicted molar refractivity (Wildman–Crippen MR) is 66.9 cm³/mol. The lowest BCUT2D eigenvalue weighted by Gasteiger charge is -2.00. The van der Waals surface area contributed by atoms with Crippen molar-refractivity contribution >= 4 is 5.78 Å². The van der Waals surface area contributed by atoms with E-state index in [-0.39, 0.29) is 5.78 Å². The summed E-state index contributed by atoms with van der Waals surface area (Å²) in [6.07, 6.45) is 6.77. The molecule has 1 aromatic carbocycles. The molecule has 1 aromatic heterocycles. The monoisotopic (exact) mass is 228 g/mol. The molecule has 0 radical (unpaired) electrons. The van der Waals surface area contributed by atoms with Gasteiger partial charge in [0, 0.05) is 12.6 Å². The maximum atomic E-state index is 11.6. The standard InChI is InChI=1S/C14H16N2O/c17-14(13-10-15-11-16-13)9-5-4-8-12-6-2-1-3-7-12/h1-3,6-7,10-11H,4-5,8-9H2,(H,15,16). The molecule has 1 N–H and O–H groups in total. The lowest BCUT2D eigenvalue weighted by molar-refractivity contribution is 0.0975. The SMILES string of the molecule is O=C(CCCCc1ccccc1)c1c[nH]cn1. The van der Waals surface area contributed by atoms with Gasteiger partial charge in [0.05, 0.1) is 6.33 Å². The van der Waals surface area contributed by atoms with Gasteiger partial charge in [-0.2, -0.15) is 0 Å². The zero-order chi connectivity index (χ0) is 11.9. The van der Waals surface area contributed by atoms with E-state index in [1.807, 2.05) is 18.2 Å². The number of aromatic nitrogens is 2. The minimum Gasteiger partial charge on any atom is -0.350 e. The number of nitrogens with one attached hydrogen (secondary N) is 1. The van der Waals surface area contributed by atoms with Gasteiger partial charge in [-0.05, 0) is 24.8 Å². The van der Waals surface area contributed by atoms with Gasteiger partial charge in [-0.25, -0.2) is 4.98 Å². The normalized spacial score (nSPS) is 10.4. The van der Waals surface area contributed by atoms with Crippen LogP contribution in [0.15, 0.2) is 42.9 Å². The molecule has 0 saturated carbocycles. The summed E-state index contributed by atoms with van der Waals surface area (Å²) in [6, 6.07) is 10.4. The number of aryl methyl sites for hydroxylation is 1. The van der Waals surface area contributed by atoms with E-state index in [1.165, 1.54) is 11.9 Å². The van der Waals surface area contributed by atoms with Gasteiger partial charge in [0.1, 0.15) is 5.69 Å². The first kappa shape index (κ1) is 11.6. The molecule has 3 heteroatoms. The first-order valence-electron chi connectivity index (χ1n) is 5.92. The summed E-state index contributed by atoms with van der Waals surface area (Å²) in [5, 5.41) is 0. The zero-order valence-corrected chi connectivity index (χ0v) is 9.73. The van der Waals surface area contributed by atoms with Crippen LogP contribution in [0.5, 0.6) is 0 Å². The fourth-order valence-corrected chi connectivity index (χ4v) is 1.80. The van der Waals surface area contributed by atoms with Crippen molar-refractivity contribution < 1.29 is 4.79 Å². The highest BCUT2D eigenvalue weighted by atomic mass is 16.1. The molecule has 0 fully saturated rings. The molecule has 0 aliphatic rings. The first-order chi connectivity index (χ1) is 8.36. The van der Waals surface area contributed by atoms with Crippen molar-refractivity contribution in [2.75, 3.05) is 0 Å². The third-order valence-corrected chi connectivity index (χ3v) is 2.75. The van der Waals surface area contributed by atoms with Crippen molar-refractivity contribution in [3.63, 3.8) is 0 Å². The van der Waals surface area contributed by atoms with E-state index in [1.54, 1.807) is 6.20 Å². The summed E-state index contributed by atoms with van der Waals surface area (Å²) in [5.74, 6) is 0.124. The number of rotatable bonds is 6. The van der Waals surface area contributed by atoms with E-state index < -0.39 is 0 Å². The zero-order valence-electron chi connectivity index (χ0n) is 9.73. The Balaban J connectivity index is 1.69. The van der Waals surface area contributed by atoms with Crippen LogP contribution in [0, 0.1) is 0 Å². The molecule has 0 spiro atoms. The van der Waals surface area contributed by atoms with Gasteiger partial charge < -0.3 is 4.98 Å². The van der Waals surface area contributed by atoms with Crippen molar-refractivity contribution in [3.05, 3.63) is 54.1 Å². The Bertz CT molecular complexity index is 448. The second-order valence-corrected chi connectivity index (χ2v) is 4.07. The Morgan fingerprint density at radius 1 is 1.18 bits per heavy atom. The number of carbonyl (C=O) groups excluding carboxylic acids is 1. The number of unbranched alkanes of at least 4 members (excludes halogenated alkanes) is 1. The van der Waals surface area contributed by atoms with Crippen molar-refractivity contribution in [1.29, 1.82) is 0 Å². The van der Waals surface area contributed by atoms with Crippen molar-refractivity contribution in [2.24, 2.45) is 0 Å². The van der Waals surface area contributed by atoms with Gasteiger partial charge >= 0.3 is 0 Å². The van der Waals surface area contributed by atoms with E-state index in [9.17, 15) is 4.79 Å². The number of ketones is 1. The minimum atomic E-state index is 0.124. The Hall–Kier alpha value is -1.90. The maximum Gasteiger partial charge on any atom is 0.182 e. The van der Waals surface area contributed by atoms with Crippen molar-refractivity contribution in [3.8, 4) is 0 Å². The van der Waals surface area contributed by atoms with E-state index in [0.29, 0.717) is 12.1 Å². The first-order valence-corrected chi connectivity index (χ1v) is 5.92. The highest BCUT2D eigenvalue weighted by Crippen LogP contribution is 2.08. The maximum absolute atomic E-state index is 11.6. The summed E-state index contributed by atoms with van der Waals surface area (Å²) < 4.78 is 0. The van der Waals surface area contributed by atoms with E-state index in [4.69, 9.17) is 0 Å². The fourth-order valence-electron chi connectivity index (χ4n) is 1.80. The van der Waals surface area contributed by atoms with Gasteiger partial charge in [0.2, 0.25) is 0 Å². The molecule has 88 valence electrons. The van der Waals surface area contributed by atoms with Crippen LogP contribution in [0.3, 0.4) is 0 Å². The molecule has 3 nitrogen and oxygen atoms in total. The highest BCUT2D eigenvalue weighted by Gasteiger charge is 2.06. The minimum absolute atomic E-state index is 0.124. The molecular formula is C14H16N2O. The molecule has 17 heavy (non-hydrogen) atoms. The lowest BCUT2D eigenvalue weighted by Crippen LogP contribution is -1.99.